The second-order valence-corrected chi connectivity index (χ2v) is 14.3. The molecule has 5 rings (SSSR count). The highest BCUT2D eigenvalue weighted by molar-refractivity contribution is 5.83. The molecular weight excluding hydrogens is 548 g/mol. The largest absolute Gasteiger partial charge is 0.462 e. The number of hydrogen-bond donors (Lipinski definition) is 4. The summed E-state index contributed by atoms with van der Waals surface area (Å²) in [5, 5.41) is 20.6. The molecule has 1 spiro atoms. The minimum Gasteiger partial charge on any atom is -0.462 e. The highest BCUT2D eigenvalue weighted by Gasteiger charge is 2.82. The SMILES string of the molecule is CCC(C)CO[C@@H]1C[C@@H]2[C@H](OC(=O)[C@@H](N)C(C)(C)O)OC=C3[C@H]4OC(=O)[C@]5(C)[C@@H](C[C@@]32[C@@H]15)C4OC(=O)[C@@H](N)C(C)(C)O. The van der Waals surface area contributed by atoms with Crippen LogP contribution in [0.5, 0.6) is 0 Å². The average Bonchev–Trinajstić information content (AvgIpc) is 3.33. The molecule has 0 aromatic heterocycles. The Bertz CT molecular complexity index is 1160. The van der Waals surface area contributed by atoms with Gasteiger partial charge in [0, 0.05) is 35.3 Å². The van der Waals surface area contributed by atoms with E-state index in [-0.39, 0.29) is 11.8 Å². The molecule has 3 bridgehead atoms. The third-order valence-corrected chi connectivity index (χ3v) is 10.7. The summed E-state index contributed by atoms with van der Waals surface area (Å²) in [6.45, 7) is 12.2. The third-order valence-electron chi connectivity index (χ3n) is 10.7. The number of rotatable bonds is 10. The van der Waals surface area contributed by atoms with Crippen LogP contribution in [-0.4, -0.2) is 82.6 Å². The first kappa shape index (κ1) is 31.2. The van der Waals surface area contributed by atoms with Gasteiger partial charge in [-0.2, -0.15) is 0 Å². The van der Waals surface area contributed by atoms with Crippen LogP contribution < -0.4 is 11.5 Å². The summed E-state index contributed by atoms with van der Waals surface area (Å²) in [5.41, 5.74) is 7.85. The molecule has 2 unspecified atom stereocenters. The van der Waals surface area contributed by atoms with Gasteiger partial charge in [0.1, 0.15) is 18.2 Å². The summed E-state index contributed by atoms with van der Waals surface area (Å²) in [7, 11) is 0. The van der Waals surface area contributed by atoms with Crippen LogP contribution in [-0.2, 0) is 38.1 Å². The molecule has 1 saturated heterocycles. The number of nitrogens with two attached hydrogens (primary N) is 2. The summed E-state index contributed by atoms with van der Waals surface area (Å²) < 4.78 is 30.4. The van der Waals surface area contributed by atoms with Crippen LogP contribution in [0.2, 0.25) is 0 Å². The second-order valence-electron chi connectivity index (χ2n) is 14.3. The van der Waals surface area contributed by atoms with E-state index >= 15 is 0 Å². The van der Waals surface area contributed by atoms with Crippen molar-refractivity contribution in [2.75, 3.05) is 6.61 Å². The van der Waals surface area contributed by atoms with Gasteiger partial charge in [-0.1, -0.05) is 20.3 Å². The quantitative estimate of drug-likeness (QED) is 0.207. The van der Waals surface area contributed by atoms with Gasteiger partial charge in [0.15, 0.2) is 6.10 Å². The predicted octanol–water partition coefficient (Wildman–Crippen LogP) is 0.897. The lowest BCUT2D eigenvalue weighted by Gasteiger charge is -2.51. The summed E-state index contributed by atoms with van der Waals surface area (Å²) in [6.07, 6.45) is 0.0851. The molecular formula is C30H46N2O10. The van der Waals surface area contributed by atoms with Crippen molar-refractivity contribution in [3.05, 3.63) is 11.8 Å². The van der Waals surface area contributed by atoms with Gasteiger partial charge < -0.3 is 45.4 Å². The molecule has 42 heavy (non-hydrogen) atoms. The zero-order chi connectivity index (χ0) is 31.2. The topological polar surface area (TPSA) is 190 Å². The van der Waals surface area contributed by atoms with E-state index in [2.05, 4.69) is 13.8 Å². The van der Waals surface area contributed by atoms with Crippen LogP contribution in [0.15, 0.2) is 11.8 Å². The zero-order valence-electron chi connectivity index (χ0n) is 25.5. The van der Waals surface area contributed by atoms with E-state index in [1.54, 1.807) is 0 Å². The molecule has 2 heterocycles. The first-order chi connectivity index (χ1) is 19.4. The molecule has 5 aliphatic rings. The Labute approximate surface area is 246 Å². The lowest BCUT2D eigenvalue weighted by molar-refractivity contribution is -0.215. The summed E-state index contributed by atoms with van der Waals surface area (Å²) in [6, 6.07) is -2.61. The molecule has 0 aromatic carbocycles. The van der Waals surface area contributed by atoms with Crippen molar-refractivity contribution in [1.82, 2.24) is 0 Å². The van der Waals surface area contributed by atoms with E-state index in [1.165, 1.54) is 34.0 Å². The van der Waals surface area contributed by atoms with Crippen molar-refractivity contribution in [2.24, 2.45) is 46.0 Å². The van der Waals surface area contributed by atoms with E-state index in [0.29, 0.717) is 25.0 Å². The van der Waals surface area contributed by atoms with Crippen molar-refractivity contribution in [1.29, 1.82) is 0 Å². The maximum atomic E-state index is 13.8. The van der Waals surface area contributed by atoms with Crippen molar-refractivity contribution < 1.29 is 48.3 Å². The molecule has 0 radical (unpaired) electrons. The van der Waals surface area contributed by atoms with Gasteiger partial charge in [-0.05, 0) is 53.4 Å². The van der Waals surface area contributed by atoms with Gasteiger partial charge in [0.05, 0.1) is 29.0 Å². The maximum absolute atomic E-state index is 13.8. The Balaban J connectivity index is 1.55. The van der Waals surface area contributed by atoms with Crippen LogP contribution in [0.25, 0.3) is 0 Å². The standard InChI is InChI=1S/C30H46N2O10/c1-8-13(2)11-38-17-9-14-25(42-24(34)22(32)28(5,6)37)39-12-16-19-18(40-23(33)21(31)27(3,4)36)15-10-30(14,16)20(17)29(15,7)26(35)41-19/h12-15,17-22,25,36-37H,8-11,31-32H2,1-7H3/t13?,14-,15+,17-,18?,19-,20+,21-,22-,25+,29-,30+/m1/s1. The van der Waals surface area contributed by atoms with Crippen LogP contribution in [0.4, 0.5) is 0 Å². The molecule has 0 aromatic rings. The Morgan fingerprint density at radius 1 is 1.10 bits per heavy atom. The Morgan fingerprint density at radius 2 is 1.69 bits per heavy atom. The number of aliphatic hydroxyl groups is 2. The second kappa shape index (κ2) is 10.2. The lowest BCUT2D eigenvalue weighted by atomic mass is 9.61. The highest BCUT2D eigenvalue weighted by Crippen LogP contribution is 2.77. The first-order valence-corrected chi connectivity index (χ1v) is 14.9. The fourth-order valence-electron chi connectivity index (χ4n) is 8.00. The van der Waals surface area contributed by atoms with Gasteiger partial charge in [0.2, 0.25) is 6.29 Å². The minimum atomic E-state index is -1.52. The van der Waals surface area contributed by atoms with Crippen molar-refractivity contribution in [3.63, 3.8) is 0 Å². The molecule has 12 heteroatoms. The monoisotopic (exact) mass is 594 g/mol. The average molecular weight is 595 g/mol. The summed E-state index contributed by atoms with van der Waals surface area (Å²) >= 11 is 0. The molecule has 0 amide bonds. The smallest absolute Gasteiger partial charge is 0.328 e. The van der Waals surface area contributed by atoms with E-state index in [9.17, 15) is 24.6 Å². The van der Waals surface area contributed by atoms with Crippen LogP contribution in [0, 0.1) is 34.5 Å². The molecule has 3 saturated carbocycles. The molecule has 3 aliphatic carbocycles. The van der Waals surface area contributed by atoms with E-state index in [4.69, 9.17) is 35.2 Å². The Hall–Kier alpha value is -2.25. The van der Waals surface area contributed by atoms with E-state index < -0.39 is 88.5 Å². The Kier molecular flexibility index (Phi) is 7.54. The number of fused-ring (bicyclic) bond motifs is 3. The molecule has 6 N–H and O–H groups in total. The lowest BCUT2D eigenvalue weighted by Crippen LogP contribution is -2.60. The normalized spacial score (nSPS) is 40.3. The van der Waals surface area contributed by atoms with Gasteiger partial charge in [-0.15, -0.1) is 0 Å². The van der Waals surface area contributed by atoms with Crippen LogP contribution in [0.1, 0.15) is 67.7 Å². The molecule has 236 valence electrons. The van der Waals surface area contributed by atoms with Crippen molar-refractivity contribution in [3.8, 4) is 0 Å². The molecule has 12 atom stereocenters. The van der Waals surface area contributed by atoms with Crippen molar-refractivity contribution >= 4 is 17.9 Å². The zero-order valence-corrected chi connectivity index (χ0v) is 25.5. The molecule has 12 nitrogen and oxygen atoms in total. The van der Waals surface area contributed by atoms with Gasteiger partial charge in [0.25, 0.3) is 0 Å². The molecule has 2 aliphatic heterocycles. The molecule has 4 fully saturated rings. The minimum absolute atomic E-state index is 0.281. The van der Waals surface area contributed by atoms with Crippen LogP contribution >= 0.6 is 0 Å². The van der Waals surface area contributed by atoms with Crippen LogP contribution in [0.3, 0.4) is 0 Å². The number of carbonyl (C=O) groups excluding carboxylic acids is 3. The fraction of sp³-hybridized carbons (Fsp3) is 0.833. The van der Waals surface area contributed by atoms with Gasteiger partial charge in [-0.25, -0.2) is 0 Å². The number of esters is 3. The van der Waals surface area contributed by atoms with Crippen molar-refractivity contribution in [2.45, 2.75) is 116 Å². The number of carbonyl (C=O) groups is 3. The first-order valence-electron chi connectivity index (χ1n) is 14.9. The van der Waals surface area contributed by atoms with E-state index in [1.807, 2.05) is 6.92 Å². The number of ether oxygens (including phenoxy) is 5. The third kappa shape index (κ3) is 4.47. The fourth-order valence-corrected chi connectivity index (χ4v) is 8.00. The summed E-state index contributed by atoms with van der Waals surface area (Å²) in [4.78, 5) is 39.9. The predicted molar refractivity (Wildman–Crippen MR) is 147 cm³/mol. The highest BCUT2D eigenvalue weighted by atomic mass is 16.7. The Morgan fingerprint density at radius 3 is 2.26 bits per heavy atom. The summed E-state index contributed by atoms with van der Waals surface area (Å²) in [5.74, 6) is -2.92. The maximum Gasteiger partial charge on any atom is 0.328 e. The van der Waals surface area contributed by atoms with Gasteiger partial charge in [-0.3, -0.25) is 14.4 Å². The number of hydrogen-bond acceptors (Lipinski definition) is 12. The van der Waals surface area contributed by atoms with Gasteiger partial charge >= 0.3 is 17.9 Å². The van der Waals surface area contributed by atoms with E-state index in [0.717, 1.165) is 6.42 Å².